The smallest absolute Gasteiger partial charge is 0.410 e. The first kappa shape index (κ1) is 70.2. The Balaban J connectivity index is 0.685. The number of aliphatic hydroxyl groups excluding tert-OH is 2. The number of aliphatic carboxylic acids is 1. The van der Waals surface area contributed by atoms with Crippen molar-refractivity contribution in [1.82, 2.24) is 34.9 Å². The number of ether oxygens (including phenoxy) is 6. The third-order valence-corrected chi connectivity index (χ3v) is 20.5. The highest BCUT2D eigenvalue weighted by Gasteiger charge is 2.66. The molecule has 6 heterocycles. The van der Waals surface area contributed by atoms with Crippen LogP contribution >= 0.6 is 11.3 Å². The Hall–Kier alpha value is -9.65. The molecule has 100 heavy (non-hydrogen) atoms. The molecule has 6 amide bonds. The Morgan fingerprint density at radius 3 is 2.32 bits per heavy atom. The molecule has 5 fully saturated rings. The zero-order chi connectivity index (χ0) is 70.8. The Kier molecular flexibility index (Phi) is 20.3. The van der Waals surface area contributed by atoms with Crippen LogP contribution in [0.5, 0.6) is 11.5 Å². The summed E-state index contributed by atoms with van der Waals surface area (Å²) in [5.74, 6) is -4.45. The maximum Gasteiger partial charge on any atom is 0.410 e. The van der Waals surface area contributed by atoms with Crippen LogP contribution in [0.4, 0.5) is 21.4 Å². The number of thiazole rings is 1. The second-order valence-corrected chi connectivity index (χ2v) is 28.5. The summed E-state index contributed by atoms with van der Waals surface area (Å²) < 4.78 is 38.2. The fraction of sp³-hybridized carbons (Fsp3) is 0.451. The fourth-order valence-electron chi connectivity index (χ4n) is 16.3. The number of rotatable bonds is 27. The number of carbonyl (C=O) groups is 8. The van der Waals surface area contributed by atoms with Gasteiger partial charge in [-0.1, -0.05) is 49.5 Å². The lowest BCUT2D eigenvalue weighted by atomic mass is 9.39. The quantitative estimate of drug-likeness (QED) is 0.0255. The third-order valence-electron chi connectivity index (χ3n) is 19.6. The van der Waals surface area contributed by atoms with Gasteiger partial charge in [-0.2, -0.15) is 5.10 Å². The van der Waals surface area contributed by atoms with Gasteiger partial charge in [-0.05, 0) is 134 Å². The summed E-state index contributed by atoms with van der Waals surface area (Å²) in [7, 11) is 3.14. The van der Waals surface area contributed by atoms with E-state index >= 15 is 0 Å². The van der Waals surface area contributed by atoms with Crippen LogP contribution in [0.25, 0.3) is 27.4 Å². The van der Waals surface area contributed by atoms with Gasteiger partial charge in [0.1, 0.15) is 36.6 Å². The Bertz CT molecular complexity index is 4200. The number of hydrogen-bond acceptors (Lipinski definition) is 21. The van der Waals surface area contributed by atoms with E-state index in [4.69, 9.17) is 38.5 Å². The highest BCUT2D eigenvalue weighted by molar-refractivity contribution is 7.22. The topological polar surface area (TPSA) is 362 Å². The average molecular weight is 1390 g/mol. The Labute approximate surface area is 579 Å². The molecule has 4 aliphatic carbocycles. The molecular formula is C71H80N10O18S. The second kappa shape index (κ2) is 28.9. The number of para-hydroxylation sites is 1. The number of carboxylic acids is 2. The molecule has 4 bridgehead atoms. The van der Waals surface area contributed by atoms with Crippen molar-refractivity contribution in [2.75, 3.05) is 82.3 Å². The number of imide groups is 1. The standard InChI is InChI=1S/C71H80N10O18S/c1-41-46(44-14-17-55(76-60(44)64(91)92)79-23-21-43-47(32-79)45(13-16-51(43)95-5)62(88)77-66-75-48-10-6-7-11-54(48)100-66)31-73-81(41)40-70-35-68(2)34-69(3,36-70)38-71(37-68,39-70)97-28-25-78(24-27-94-4)67(93)96-26-8-9-42-12-15-52(98-65-61(87)50(82)30-53(99-65)63(89)90)49(29-42)74-56(83)20-22-72-57(84)33-80-58(85)18-19-59(80)86/h6-19,29,31,50,53,61,65,82,87H,20-28,30,32-40H2,1-5H3,(H,72,84)(H,74,83)(H,89,90)(H,91,92)(H,75,77,88)/b9-8+/t50-,53-,61+,65+,68?,69?,70?,71?/m0/s1. The number of aromatic nitrogens is 4. The minimum atomic E-state index is -1.66. The molecule has 28 nitrogen and oxygen atoms in total. The van der Waals surface area contributed by atoms with Crippen LogP contribution in [0, 0.1) is 23.2 Å². The number of aliphatic hydroxyl groups is 2. The first-order valence-corrected chi connectivity index (χ1v) is 33.9. The highest BCUT2D eigenvalue weighted by Crippen LogP contribution is 2.72. The van der Waals surface area contributed by atoms with Crippen LogP contribution in [0.1, 0.15) is 108 Å². The minimum absolute atomic E-state index is 0.0279. The van der Waals surface area contributed by atoms with E-state index in [1.165, 1.54) is 35.5 Å². The summed E-state index contributed by atoms with van der Waals surface area (Å²) in [6.45, 7) is 7.94. The molecule has 7 N–H and O–H groups in total. The van der Waals surface area contributed by atoms with Crippen molar-refractivity contribution in [3.8, 4) is 22.6 Å². The molecule has 13 rings (SSSR count). The zero-order valence-electron chi connectivity index (χ0n) is 56.0. The first-order valence-electron chi connectivity index (χ1n) is 33.1. The maximum atomic E-state index is 14.0. The van der Waals surface area contributed by atoms with E-state index in [0.29, 0.717) is 58.5 Å². The van der Waals surface area contributed by atoms with Crippen LogP contribution in [0.2, 0.25) is 0 Å². The first-order chi connectivity index (χ1) is 47.8. The molecule has 3 aromatic heterocycles. The molecule has 6 atom stereocenters. The van der Waals surface area contributed by atoms with Crippen LogP contribution in [0.3, 0.4) is 0 Å². The Morgan fingerprint density at radius 1 is 0.840 bits per heavy atom. The van der Waals surface area contributed by atoms with Gasteiger partial charge in [0.05, 0.1) is 54.1 Å². The lowest BCUT2D eigenvalue weighted by Crippen LogP contribution is -2.64. The highest BCUT2D eigenvalue weighted by atomic mass is 32.1. The molecular weight excluding hydrogens is 1310 g/mol. The number of carboxylic acid groups (broad SMARTS) is 2. The van der Waals surface area contributed by atoms with Crippen LogP contribution in [0.15, 0.2) is 91.2 Å². The molecule has 0 radical (unpaired) electrons. The molecule has 3 aliphatic heterocycles. The summed E-state index contributed by atoms with van der Waals surface area (Å²) >= 11 is 1.39. The van der Waals surface area contributed by atoms with E-state index in [2.05, 4.69) is 34.8 Å². The van der Waals surface area contributed by atoms with E-state index < -0.39 is 84.8 Å². The molecule has 3 aromatic carbocycles. The predicted octanol–water partition coefficient (Wildman–Crippen LogP) is 6.99. The van der Waals surface area contributed by atoms with E-state index in [9.17, 15) is 58.8 Å². The van der Waals surface area contributed by atoms with E-state index in [1.807, 2.05) is 46.8 Å². The number of nitrogens with one attached hydrogen (secondary N) is 3. The number of hydrogen-bond donors (Lipinski definition) is 7. The van der Waals surface area contributed by atoms with Gasteiger partial charge in [0, 0.05) is 99.3 Å². The number of carbonyl (C=O) groups excluding carboxylic acids is 6. The molecule has 2 unspecified atom stereocenters. The summed E-state index contributed by atoms with van der Waals surface area (Å²) in [6.07, 6.45) is 5.25. The fourth-order valence-corrected chi connectivity index (χ4v) is 17.2. The number of anilines is 3. The number of benzene rings is 3. The van der Waals surface area contributed by atoms with Gasteiger partial charge < -0.3 is 69.3 Å². The van der Waals surface area contributed by atoms with E-state index in [0.717, 1.165) is 82.6 Å². The van der Waals surface area contributed by atoms with Crippen molar-refractivity contribution in [3.05, 3.63) is 125 Å². The predicted molar refractivity (Wildman–Crippen MR) is 363 cm³/mol. The number of pyridine rings is 1. The summed E-state index contributed by atoms with van der Waals surface area (Å²) in [5.41, 5.74) is 4.35. The molecule has 4 saturated carbocycles. The number of nitrogens with zero attached hydrogens (tertiary/aromatic N) is 7. The third kappa shape index (κ3) is 15.2. The lowest BCUT2D eigenvalue weighted by molar-refractivity contribution is -0.248. The number of fused-ring (bicyclic) bond motifs is 2. The molecule has 528 valence electrons. The summed E-state index contributed by atoms with van der Waals surface area (Å²) in [4.78, 5) is 116. The van der Waals surface area contributed by atoms with Gasteiger partial charge in [-0.3, -0.25) is 38.9 Å². The Morgan fingerprint density at radius 2 is 1.59 bits per heavy atom. The number of aromatic carboxylic acids is 1. The normalized spacial score (nSPS) is 24.4. The SMILES string of the molecule is COCCN(CCOC12CC3(C)CC(C)(CC(Cn4ncc(-c5ccc(N6CCc7c(OC)ccc(C(=O)Nc8nc9ccccc9s8)c7C6)nc5C(=O)O)c4C)(C3)C1)C2)C(=O)OC/C=C/c1ccc(O[C@@H]2O[C@H](C(=O)O)C[C@H](O)[C@H]2O)c(NC(=O)CCNC(=O)CN2C(=O)C=CC2=O)c1. The van der Waals surface area contributed by atoms with Crippen molar-refractivity contribution >= 4 is 91.8 Å². The molecule has 7 aliphatic rings. The van der Waals surface area contributed by atoms with Gasteiger partial charge in [-0.15, -0.1) is 0 Å². The average Bonchev–Trinajstić information content (AvgIpc) is 1.67. The minimum Gasteiger partial charge on any atom is -0.496 e. The molecule has 0 spiro atoms. The van der Waals surface area contributed by atoms with Crippen LogP contribution < -0.4 is 30.3 Å². The van der Waals surface area contributed by atoms with Crippen molar-refractivity contribution in [2.45, 2.75) is 122 Å². The number of amides is 6. The molecule has 1 saturated heterocycles. The lowest BCUT2D eigenvalue weighted by Gasteiger charge is -2.69. The van der Waals surface area contributed by atoms with Crippen molar-refractivity contribution in [3.63, 3.8) is 0 Å². The molecule has 29 heteroatoms. The summed E-state index contributed by atoms with van der Waals surface area (Å²) in [5, 5.41) is 55.1. The van der Waals surface area contributed by atoms with E-state index in [-0.39, 0.29) is 91.7 Å². The zero-order valence-corrected chi connectivity index (χ0v) is 56.8. The summed E-state index contributed by atoms with van der Waals surface area (Å²) in [6, 6.07) is 19.3. The van der Waals surface area contributed by atoms with Gasteiger partial charge in [0.2, 0.25) is 18.1 Å². The van der Waals surface area contributed by atoms with E-state index in [1.54, 1.807) is 49.7 Å². The van der Waals surface area contributed by atoms with Crippen molar-refractivity contribution < 1.29 is 87.2 Å². The van der Waals surface area contributed by atoms with Gasteiger partial charge >= 0.3 is 18.0 Å². The van der Waals surface area contributed by atoms with Gasteiger partial charge in [0.25, 0.3) is 17.7 Å². The van der Waals surface area contributed by atoms with Gasteiger partial charge in [-0.25, -0.2) is 24.4 Å². The van der Waals surface area contributed by atoms with Crippen LogP contribution in [-0.2, 0) is 62.4 Å². The number of methoxy groups -OCH3 is 2. The van der Waals surface area contributed by atoms with Crippen molar-refractivity contribution in [2.24, 2.45) is 16.2 Å². The maximum absolute atomic E-state index is 14.0. The van der Waals surface area contributed by atoms with Crippen molar-refractivity contribution in [1.29, 1.82) is 0 Å². The largest absolute Gasteiger partial charge is 0.496 e. The van der Waals surface area contributed by atoms with Gasteiger partial charge in [0.15, 0.2) is 16.9 Å². The monoisotopic (exact) mass is 1390 g/mol. The second-order valence-electron chi connectivity index (χ2n) is 27.5. The van der Waals surface area contributed by atoms with Crippen LogP contribution in [-0.4, -0.2) is 195 Å². The molecule has 6 aromatic rings.